The molecule has 0 saturated carbocycles. The van der Waals surface area contributed by atoms with Gasteiger partial charge in [-0.3, -0.25) is 5.10 Å². The molecule has 1 aromatic rings. The van der Waals surface area contributed by atoms with Crippen molar-refractivity contribution in [1.29, 1.82) is 0 Å². The van der Waals surface area contributed by atoms with Crippen LogP contribution in [-0.4, -0.2) is 42.1 Å². The number of sulfonamides is 1. The number of aromatic amines is 1. The molecule has 1 aliphatic rings. The van der Waals surface area contributed by atoms with Gasteiger partial charge in [0.05, 0.1) is 6.20 Å². The zero-order valence-corrected chi connectivity index (χ0v) is 12.5. The van der Waals surface area contributed by atoms with Gasteiger partial charge in [0, 0.05) is 31.2 Å². The van der Waals surface area contributed by atoms with E-state index in [2.05, 4.69) is 22.4 Å². The molecule has 1 aliphatic heterocycles. The van der Waals surface area contributed by atoms with Crippen molar-refractivity contribution in [1.82, 2.24) is 19.8 Å². The van der Waals surface area contributed by atoms with Crippen molar-refractivity contribution in [3.63, 3.8) is 0 Å². The van der Waals surface area contributed by atoms with Gasteiger partial charge in [0.25, 0.3) is 10.0 Å². The van der Waals surface area contributed by atoms with Crippen molar-refractivity contribution >= 4 is 10.0 Å². The van der Waals surface area contributed by atoms with Crippen LogP contribution in [0.15, 0.2) is 11.2 Å². The Labute approximate surface area is 114 Å². The van der Waals surface area contributed by atoms with Crippen LogP contribution in [0, 0.1) is 5.92 Å². The van der Waals surface area contributed by atoms with E-state index in [0.29, 0.717) is 37.2 Å². The fourth-order valence-electron chi connectivity index (χ4n) is 2.20. The molecule has 7 heteroatoms. The van der Waals surface area contributed by atoms with E-state index < -0.39 is 10.0 Å². The van der Waals surface area contributed by atoms with Crippen LogP contribution < -0.4 is 5.32 Å². The van der Waals surface area contributed by atoms with Gasteiger partial charge in [0.2, 0.25) is 0 Å². The van der Waals surface area contributed by atoms with Gasteiger partial charge in [0.15, 0.2) is 5.03 Å². The molecule has 0 spiro atoms. The first-order valence-electron chi connectivity index (χ1n) is 6.67. The van der Waals surface area contributed by atoms with Crippen LogP contribution in [0.25, 0.3) is 0 Å². The Kier molecular flexibility index (Phi) is 4.27. The Morgan fingerprint density at radius 2 is 2.32 bits per heavy atom. The second-order valence-corrected chi connectivity index (χ2v) is 7.39. The molecule has 2 N–H and O–H groups in total. The molecule has 1 aromatic heterocycles. The van der Waals surface area contributed by atoms with E-state index in [-0.39, 0.29) is 5.03 Å². The van der Waals surface area contributed by atoms with Crippen LogP contribution in [0.1, 0.15) is 32.8 Å². The molecule has 0 radical (unpaired) electrons. The first kappa shape index (κ1) is 14.5. The van der Waals surface area contributed by atoms with Crippen LogP contribution in [0.3, 0.4) is 0 Å². The van der Waals surface area contributed by atoms with Gasteiger partial charge in [-0.1, -0.05) is 20.8 Å². The lowest BCUT2D eigenvalue weighted by atomic mass is 10.2. The molecule has 0 amide bonds. The number of nitrogens with one attached hydrogen (secondary N) is 2. The summed E-state index contributed by atoms with van der Waals surface area (Å²) in [7, 11) is -3.43. The van der Waals surface area contributed by atoms with Crippen LogP contribution in [0.5, 0.6) is 0 Å². The third kappa shape index (κ3) is 3.16. The highest BCUT2D eigenvalue weighted by molar-refractivity contribution is 7.89. The fourth-order valence-corrected chi connectivity index (χ4v) is 3.88. The lowest BCUT2D eigenvalue weighted by Crippen LogP contribution is -2.30. The van der Waals surface area contributed by atoms with Gasteiger partial charge >= 0.3 is 0 Å². The van der Waals surface area contributed by atoms with E-state index in [9.17, 15) is 8.42 Å². The van der Waals surface area contributed by atoms with Crippen molar-refractivity contribution in [3.05, 3.63) is 11.8 Å². The summed E-state index contributed by atoms with van der Waals surface area (Å²) >= 11 is 0. The standard InChI is InChI=1S/C12H22N4O2S/c1-9(2)13-6-11-7-14-15-12(11)19(17,18)16-5-4-10(3)8-16/h7,9-10,13H,4-6,8H2,1-3H3,(H,14,15). The summed E-state index contributed by atoms with van der Waals surface area (Å²) in [6.45, 7) is 7.82. The Bertz CT molecular complexity index is 524. The summed E-state index contributed by atoms with van der Waals surface area (Å²) < 4.78 is 26.6. The molecular weight excluding hydrogens is 264 g/mol. The number of nitrogens with zero attached hydrogens (tertiary/aromatic N) is 2. The molecule has 0 bridgehead atoms. The number of hydrogen-bond donors (Lipinski definition) is 2. The average molecular weight is 286 g/mol. The topological polar surface area (TPSA) is 78.1 Å². The Morgan fingerprint density at radius 3 is 2.89 bits per heavy atom. The van der Waals surface area contributed by atoms with Gasteiger partial charge in [-0.25, -0.2) is 8.42 Å². The van der Waals surface area contributed by atoms with Crippen molar-refractivity contribution in [2.75, 3.05) is 13.1 Å². The van der Waals surface area contributed by atoms with E-state index >= 15 is 0 Å². The minimum atomic E-state index is -3.43. The first-order valence-corrected chi connectivity index (χ1v) is 8.11. The minimum Gasteiger partial charge on any atom is -0.310 e. The van der Waals surface area contributed by atoms with Crippen LogP contribution in [0.4, 0.5) is 0 Å². The molecule has 1 atom stereocenters. The van der Waals surface area contributed by atoms with Crippen molar-refractivity contribution in [2.45, 2.75) is 44.8 Å². The van der Waals surface area contributed by atoms with Crippen LogP contribution in [0.2, 0.25) is 0 Å². The SMILES string of the molecule is CC1CCN(S(=O)(=O)c2[nH]ncc2CNC(C)C)C1. The maximum absolute atomic E-state index is 12.5. The zero-order chi connectivity index (χ0) is 14.0. The third-order valence-corrected chi connectivity index (χ3v) is 5.24. The van der Waals surface area contributed by atoms with Crippen LogP contribution in [-0.2, 0) is 16.6 Å². The monoisotopic (exact) mass is 286 g/mol. The fraction of sp³-hybridized carbons (Fsp3) is 0.750. The number of aromatic nitrogens is 2. The summed E-state index contributed by atoms with van der Waals surface area (Å²) in [6.07, 6.45) is 2.51. The molecule has 0 aliphatic carbocycles. The third-order valence-electron chi connectivity index (χ3n) is 3.36. The zero-order valence-electron chi connectivity index (χ0n) is 11.7. The molecular formula is C12H22N4O2S. The van der Waals surface area contributed by atoms with Gasteiger partial charge < -0.3 is 5.32 Å². The predicted octanol–water partition coefficient (Wildman–Crippen LogP) is 0.938. The van der Waals surface area contributed by atoms with Crippen LogP contribution >= 0.6 is 0 Å². The Morgan fingerprint density at radius 1 is 1.58 bits per heavy atom. The second-order valence-electron chi connectivity index (χ2n) is 5.52. The minimum absolute atomic E-state index is 0.231. The lowest BCUT2D eigenvalue weighted by molar-refractivity contribution is 0.459. The first-order chi connectivity index (χ1) is 8.91. The Balaban J connectivity index is 2.19. The highest BCUT2D eigenvalue weighted by Gasteiger charge is 2.33. The summed E-state index contributed by atoms with van der Waals surface area (Å²) in [4.78, 5) is 0. The highest BCUT2D eigenvalue weighted by Crippen LogP contribution is 2.24. The molecule has 0 aromatic carbocycles. The van der Waals surface area contributed by atoms with Crippen molar-refractivity contribution in [2.24, 2.45) is 5.92 Å². The normalized spacial score (nSPS) is 21.4. The molecule has 2 rings (SSSR count). The lowest BCUT2D eigenvalue weighted by Gasteiger charge is -2.16. The summed E-state index contributed by atoms with van der Waals surface area (Å²) in [5.41, 5.74) is 0.702. The molecule has 1 unspecified atom stereocenters. The molecule has 1 saturated heterocycles. The van der Waals surface area contributed by atoms with Gasteiger partial charge in [0.1, 0.15) is 0 Å². The van der Waals surface area contributed by atoms with E-state index in [1.165, 1.54) is 0 Å². The average Bonchev–Trinajstić information content (AvgIpc) is 2.94. The quantitative estimate of drug-likeness (QED) is 0.844. The van der Waals surface area contributed by atoms with Gasteiger partial charge in [-0.15, -0.1) is 0 Å². The van der Waals surface area contributed by atoms with E-state index in [0.717, 1.165) is 6.42 Å². The summed E-state index contributed by atoms with van der Waals surface area (Å²) in [6, 6.07) is 0.303. The van der Waals surface area contributed by atoms with Crippen molar-refractivity contribution in [3.8, 4) is 0 Å². The molecule has 6 nitrogen and oxygen atoms in total. The number of rotatable bonds is 5. The van der Waals surface area contributed by atoms with Gasteiger partial charge in [-0.05, 0) is 12.3 Å². The maximum atomic E-state index is 12.5. The highest BCUT2D eigenvalue weighted by atomic mass is 32.2. The van der Waals surface area contributed by atoms with E-state index in [1.807, 2.05) is 13.8 Å². The largest absolute Gasteiger partial charge is 0.310 e. The summed E-state index contributed by atoms with van der Waals surface area (Å²) in [5.74, 6) is 0.426. The molecule has 1 fully saturated rings. The van der Waals surface area contributed by atoms with Crippen molar-refractivity contribution < 1.29 is 8.42 Å². The second kappa shape index (κ2) is 5.60. The van der Waals surface area contributed by atoms with E-state index in [1.54, 1.807) is 10.5 Å². The Hall–Kier alpha value is -0.920. The van der Waals surface area contributed by atoms with Gasteiger partial charge in [-0.2, -0.15) is 9.40 Å². The molecule has 19 heavy (non-hydrogen) atoms. The summed E-state index contributed by atoms with van der Waals surface area (Å²) in [5, 5.41) is 9.98. The number of hydrogen-bond acceptors (Lipinski definition) is 4. The molecule has 2 heterocycles. The maximum Gasteiger partial charge on any atom is 0.260 e. The van der Waals surface area contributed by atoms with E-state index in [4.69, 9.17) is 0 Å². The predicted molar refractivity (Wildman–Crippen MR) is 73.1 cm³/mol. The smallest absolute Gasteiger partial charge is 0.260 e. The number of H-pyrrole nitrogens is 1. The molecule has 108 valence electrons.